The van der Waals surface area contributed by atoms with Crippen molar-refractivity contribution in [2.24, 2.45) is 0 Å². The average Bonchev–Trinajstić information content (AvgIpc) is 2.84. The first-order chi connectivity index (χ1) is 10.6. The topological polar surface area (TPSA) is 12.5 Å². The summed E-state index contributed by atoms with van der Waals surface area (Å²) in [5.74, 6) is 2.02. The number of aryl methyl sites for hydroxylation is 2. The normalized spacial score (nSPS) is 17.1. The number of ether oxygens (including phenoxy) is 1. The Morgan fingerprint density at radius 1 is 1.27 bits per heavy atom. The van der Waals surface area contributed by atoms with E-state index >= 15 is 0 Å². The molecule has 118 valence electrons. The maximum Gasteiger partial charge on any atom is 0.129 e. The van der Waals surface area contributed by atoms with E-state index in [1.165, 1.54) is 33.2 Å². The van der Waals surface area contributed by atoms with Crippen LogP contribution in [0.15, 0.2) is 18.2 Å². The van der Waals surface area contributed by atoms with Crippen LogP contribution >= 0.6 is 21.0 Å². The third kappa shape index (κ3) is 2.47. The zero-order chi connectivity index (χ0) is 15.9. The maximum atomic E-state index is 6.25. The van der Waals surface area contributed by atoms with E-state index < -0.39 is 0 Å². The first-order valence-corrected chi connectivity index (χ1v) is 8.91. The van der Waals surface area contributed by atoms with Gasteiger partial charge in [0.05, 0.1) is 6.61 Å². The molecule has 2 atom stereocenters. The van der Waals surface area contributed by atoms with Crippen molar-refractivity contribution in [3.8, 4) is 5.75 Å². The van der Waals surface area contributed by atoms with Crippen LogP contribution in [0.2, 0.25) is 0 Å². The smallest absolute Gasteiger partial charge is 0.129 e. The van der Waals surface area contributed by atoms with Crippen LogP contribution in [0.4, 0.5) is 5.69 Å². The van der Waals surface area contributed by atoms with Crippen LogP contribution in [0, 0.1) is 13.8 Å². The molecule has 1 aliphatic heterocycles. The molecule has 22 heavy (non-hydrogen) atoms. The molecule has 1 aliphatic rings. The highest BCUT2D eigenvalue weighted by Crippen LogP contribution is 2.48. The summed E-state index contributed by atoms with van der Waals surface area (Å²) in [6, 6.07) is 6.59. The Morgan fingerprint density at radius 3 is 2.59 bits per heavy atom. The van der Waals surface area contributed by atoms with Crippen molar-refractivity contribution in [1.29, 1.82) is 0 Å². The van der Waals surface area contributed by atoms with Gasteiger partial charge in [-0.2, -0.15) is 0 Å². The van der Waals surface area contributed by atoms with Crippen molar-refractivity contribution in [2.75, 3.05) is 23.7 Å². The molecule has 0 amide bonds. The zero-order valence-corrected chi connectivity index (χ0v) is 15.4. The van der Waals surface area contributed by atoms with Crippen molar-refractivity contribution in [2.45, 2.75) is 33.1 Å². The second kappa shape index (κ2) is 6.26. The lowest BCUT2D eigenvalue weighted by molar-refractivity contribution is 0.321. The molecule has 3 rings (SSSR count). The molecule has 2 nitrogen and oxygen atoms in total. The first-order valence-electron chi connectivity index (χ1n) is 7.86. The van der Waals surface area contributed by atoms with Crippen molar-refractivity contribution in [3.05, 3.63) is 34.9 Å². The fourth-order valence-electron chi connectivity index (χ4n) is 3.41. The van der Waals surface area contributed by atoms with Crippen LogP contribution < -0.4 is 9.41 Å². The molecular formula is C18H23ClNOP. The molecule has 1 heterocycles. The van der Waals surface area contributed by atoms with Crippen molar-refractivity contribution in [1.82, 2.24) is 0 Å². The van der Waals surface area contributed by atoms with Gasteiger partial charge in [-0.05, 0) is 51.7 Å². The van der Waals surface area contributed by atoms with E-state index in [0.717, 1.165) is 25.3 Å². The largest absolute Gasteiger partial charge is 0.493 e. The Bertz CT molecular complexity index is 716. The predicted molar refractivity (Wildman–Crippen MR) is 99.7 cm³/mol. The summed E-state index contributed by atoms with van der Waals surface area (Å²) in [6.45, 7) is 8.18. The molecule has 0 aliphatic carbocycles. The lowest BCUT2D eigenvalue weighted by atomic mass is 9.90. The van der Waals surface area contributed by atoms with E-state index in [9.17, 15) is 0 Å². The molecule has 0 N–H and O–H groups in total. The van der Waals surface area contributed by atoms with Gasteiger partial charge < -0.3 is 9.41 Å². The molecule has 0 radical (unpaired) electrons. The summed E-state index contributed by atoms with van der Waals surface area (Å²) in [4.78, 5) is 0. The zero-order valence-electron chi connectivity index (χ0n) is 13.4. The number of rotatable bonds is 4. The highest BCUT2D eigenvalue weighted by Gasteiger charge is 2.30. The van der Waals surface area contributed by atoms with Gasteiger partial charge in [-0.3, -0.25) is 0 Å². The Hall–Kier alpha value is -0.980. The minimum Gasteiger partial charge on any atom is -0.493 e. The highest BCUT2D eigenvalue weighted by atomic mass is 35.5. The Labute approximate surface area is 140 Å². The van der Waals surface area contributed by atoms with Gasteiger partial charge in [0, 0.05) is 35.5 Å². The number of alkyl halides is 1. The van der Waals surface area contributed by atoms with E-state index in [1.807, 2.05) is 0 Å². The molecule has 1 unspecified atom stereocenters. The first kappa shape index (κ1) is 15.9. The molecule has 0 bridgehead atoms. The second-order valence-corrected chi connectivity index (χ2v) is 7.04. The van der Waals surface area contributed by atoms with E-state index in [4.69, 9.17) is 16.3 Å². The molecule has 0 aromatic heterocycles. The van der Waals surface area contributed by atoms with E-state index in [0.29, 0.717) is 11.8 Å². The van der Waals surface area contributed by atoms with E-state index in [2.05, 4.69) is 53.0 Å². The van der Waals surface area contributed by atoms with Crippen LogP contribution in [0.25, 0.3) is 10.8 Å². The monoisotopic (exact) mass is 335 g/mol. The number of hydrogen-bond acceptors (Lipinski definition) is 2. The Morgan fingerprint density at radius 2 is 1.95 bits per heavy atom. The molecule has 0 saturated heterocycles. The SMILES string of the molecule is CCCOc1cc2c(c3c(C)ccc(C)c13)[C@H](CCl)CN2P. The Balaban J connectivity index is 2.35. The number of anilines is 1. The highest BCUT2D eigenvalue weighted by molar-refractivity contribution is 7.19. The van der Waals surface area contributed by atoms with Gasteiger partial charge in [-0.1, -0.05) is 19.1 Å². The van der Waals surface area contributed by atoms with Gasteiger partial charge in [-0.25, -0.2) is 0 Å². The standard InChI is InChI=1S/C18H23ClNOP/c1-4-7-21-15-8-14-18(13(9-19)10-20(14)22)17-12(3)6-5-11(2)16(15)17/h5-6,8,13H,4,7,9-10,22H2,1-3H3/t13-/m1/s1. The van der Waals surface area contributed by atoms with Crippen LogP contribution in [0.1, 0.15) is 36.0 Å². The minimum atomic E-state index is 0.373. The number of halogens is 1. The lowest BCUT2D eigenvalue weighted by Gasteiger charge is -2.19. The average molecular weight is 336 g/mol. The summed E-state index contributed by atoms with van der Waals surface area (Å²) in [5.41, 5.74) is 5.19. The molecule has 2 aromatic carbocycles. The van der Waals surface area contributed by atoms with Gasteiger partial charge >= 0.3 is 0 Å². The number of benzene rings is 2. The maximum absolute atomic E-state index is 6.25. The minimum absolute atomic E-state index is 0.373. The van der Waals surface area contributed by atoms with E-state index in [1.54, 1.807) is 0 Å². The van der Waals surface area contributed by atoms with Crippen molar-refractivity contribution in [3.63, 3.8) is 0 Å². The third-order valence-electron chi connectivity index (χ3n) is 4.46. The summed E-state index contributed by atoms with van der Waals surface area (Å²) >= 11 is 6.25. The van der Waals surface area contributed by atoms with Gasteiger partial charge in [0.25, 0.3) is 0 Å². The number of fused-ring (bicyclic) bond motifs is 3. The van der Waals surface area contributed by atoms with Gasteiger partial charge in [-0.15, -0.1) is 11.6 Å². The lowest BCUT2D eigenvalue weighted by Crippen LogP contribution is -2.09. The van der Waals surface area contributed by atoms with Crippen molar-refractivity contribution < 1.29 is 4.74 Å². The quantitative estimate of drug-likeness (QED) is 0.564. The summed E-state index contributed by atoms with van der Waals surface area (Å²) in [7, 11) is 2.82. The molecular weight excluding hydrogens is 313 g/mol. The number of hydrogen-bond donors (Lipinski definition) is 0. The molecule has 0 fully saturated rings. The molecule has 0 saturated carbocycles. The second-order valence-electron chi connectivity index (χ2n) is 6.11. The Kier molecular flexibility index (Phi) is 4.52. The van der Waals surface area contributed by atoms with Crippen LogP contribution in [0.3, 0.4) is 0 Å². The number of nitrogens with zero attached hydrogens (tertiary/aromatic N) is 1. The third-order valence-corrected chi connectivity index (χ3v) is 5.33. The van der Waals surface area contributed by atoms with E-state index in [-0.39, 0.29) is 0 Å². The van der Waals surface area contributed by atoms with Gasteiger partial charge in [0.2, 0.25) is 0 Å². The van der Waals surface area contributed by atoms with Gasteiger partial charge in [0.1, 0.15) is 5.75 Å². The summed E-state index contributed by atoms with van der Waals surface area (Å²) < 4.78 is 8.30. The summed E-state index contributed by atoms with van der Waals surface area (Å²) in [5, 5.41) is 2.59. The fraction of sp³-hybridized carbons (Fsp3) is 0.444. The molecule has 2 aromatic rings. The van der Waals surface area contributed by atoms with Crippen LogP contribution in [-0.2, 0) is 0 Å². The van der Waals surface area contributed by atoms with Gasteiger partial charge in [0.15, 0.2) is 0 Å². The van der Waals surface area contributed by atoms with Crippen LogP contribution in [-0.4, -0.2) is 19.0 Å². The predicted octanol–water partition coefficient (Wildman–Crippen LogP) is 5.18. The summed E-state index contributed by atoms with van der Waals surface area (Å²) in [6.07, 6.45) is 1.01. The molecule has 4 heteroatoms. The van der Waals surface area contributed by atoms with Crippen molar-refractivity contribution >= 4 is 37.5 Å². The molecule has 0 spiro atoms. The fourth-order valence-corrected chi connectivity index (χ4v) is 4.13. The van der Waals surface area contributed by atoms with Crippen LogP contribution in [0.5, 0.6) is 5.75 Å².